The van der Waals surface area contributed by atoms with Crippen molar-refractivity contribution in [2.45, 2.75) is 57.0 Å². The van der Waals surface area contributed by atoms with Crippen molar-refractivity contribution in [1.82, 2.24) is 10.2 Å². The Bertz CT molecular complexity index is 307. The van der Waals surface area contributed by atoms with Gasteiger partial charge in [0.05, 0.1) is 5.54 Å². The van der Waals surface area contributed by atoms with Crippen LogP contribution >= 0.6 is 0 Å². The third-order valence-corrected chi connectivity index (χ3v) is 5.09. The second kappa shape index (κ2) is 5.57. The smallest absolute Gasteiger partial charge is 0.237 e. The largest absolute Gasteiger partial charge is 0.368 e. The lowest BCUT2D eigenvalue weighted by Gasteiger charge is -2.42. The maximum absolute atomic E-state index is 11.7. The molecule has 1 saturated heterocycles. The van der Waals surface area contributed by atoms with E-state index in [1.54, 1.807) is 0 Å². The normalized spacial score (nSPS) is 37.9. The van der Waals surface area contributed by atoms with Crippen LogP contribution in [-0.4, -0.2) is 42.5 Å². The summed E-state index contributed by atoms with van der Waals surface area (Å²) in [6, 6.07) is 0.537. The van der Waals surface area contributed by atoms with Gasteiger partial charge in [0.15, 0.2) is 0 Å². The summed E-state index contributed by atoms with van der Waals surface area (Å²) >= 11 is 0. The van der Waals surface area contributed by atoms with Gasteiger partial charge in [-0.05, 0) is 51.6 Å². The highest BCUT2D eigenvalue weighted by Crippen LogP contribution is 2.33. The van der Waals surface area contributed by atoms with Gasteiger partial charge in [0.25, 0.3) is 0 Å². The van der Waals surface area contributed by atoms with Crippen molar-refractivity contribution in [3.8, 4) is 0 Å². The van der Waals surface area contributed by atoms with E-state index < -0.39 is 5.54 Å². The van der Waals surface area contributed by atoms with Crippen LogP contribution in [0.5, 0.6) is 0 Å². The number of nitrogens with two attached hydrogens (primary N) is 1. The Kier molecular flexibility index (Phi) is 4.28. The van der Waals surface area contributed by atoms with E-state index in [0.717, 1.165) is 25.2 Å². The Hall–Kier alpha value is -0.610. The SMILES string of the molecule is CCC1CCN(C2CCCC(NC)(C(N)=O)C2)C1. The first kappa shape index (κ1) is 13.8. The van der Waals surface area contributed by atoms with Crippen molar-refractivity contribution < 1.29 is 4.79 Å². The van der Waals surface area contributed by atoms with Gasteiger partial charge in [-0.1, -0.05) is 13.3 Å². The summed E-state index contributed by atoms with van der Waals surface area (Å²) in [6.07, 6.45) is 6.68. The second-order valence-electron chi connectivity index (χ2n) is 6.00. The number of carbonyl (C=O) groups excluding carboxylic acids is 1. The highest BCUT2D eigenvalue weighted by atomic mass is 16.1. The molecule has 2 aliphatic rings. The molecule has 1 saturated carbocycles. The first-order valence-electron chi connectivity index (χ1n) is 7.34. The van der Waals surface area contributed by atoms with Crippen LogP contribution in [0.3, 0.4) is 0 Å². The molecule has 1 aliphatic heterocycles. The van der Waals surface area contributed by atoms with Gasteiger partial charge < -0.3 is 16.0 Å². The highest BCUT2D eigenvalue weighted by molar-refractivity contribution is 5.84. The van der Waals surface area contributed by atoms with Crippen molar-refractivity contribution in [2.75, 3.05) is 20.1 Å². The number of rotatable bonds is 4. The van der Waals surface area contributed by atoms with Gasteiger partial charge in [-0.15, -0.1) is 0 Å². The summed E-state index contributed by atoms with van der Waals surface area (Å²) in [6.45, 7) is 4.68. The Morgan fingerprint density at radius 1 is 1.50 bits per heavy atom. The molecule has 104 valence electrons. The predicted octanol–water partition coefficient (Wildman–Crippen LogP) is 1.10. The minimum Gasteiger partial charge on any atom is -0.368 e. The summed E-state index contributed by atoms with van der Waals surface area (Å²) in [4.78, 5) is 14.3. The molecular weight excluding hydrogens is 226 g/mol. The van der Waals surface area contributed by atoms with Crippen LogP contribution in [-0.2, 0) is 4.79 Å². The van der Waals surface area contributed by atoms with E-state index in [1.165, 1.54) is 32.4 Å². The summed E-state index contributed by atoms with van der Waals surface area (Å²) in [7, 11) is 1.87. The number of amides is 1. The average Bonchev–Trinajstić information content (AvgIpc) is 2.87. The number of carbonyl (C=O) groups is 1. The number of nitrogens with zero attached hydrogens (tertiary/aromatic N) is 1. The molecule has 4 heteroatoms. The van der Waals surface area contributed by atoms with Crippen molar-refractivity contribution in [3.05, 3.63) is 0 Å². The Balaban J connectivity index is 2.00. The Labute approximate surface area is 110 Å². The van der Waals surface area contributed by atoms with Gasteiger partial charge in [-0.25, -0.2) is 0 Å². The van der Waals surface area contributed by atoms with Crippen LogP contribution in [0.1, 0.15) is 45.4 Å². The second-order valence-corrected chi connectivity index (χ2v) is 6.00. The molecule has 1 heterocycles. The molecule has 0 aromatic heterocycles. The molecule has 0 bridgehead atoms. The van der Waals surface area contributed by atoms with Gasteiger partial charge in [0, 0.05) is 12.6 Å². The van der Waals surface area contributed by atoms with Gasteiger partial charge >= 0.3 is 0 Å². The van der Waals surface area contributed by atoms with Crippen molar-refractivity contribution >= 4 is 5.91 Å². The fourth-order valence-electron chi connectivity index (χ4n) is 3.66. The molecule has 2 rings (SSSR count). The zero-order valence-electron chi connectivity index (χ0n) is 11.7. The first-order chi connectivity index (χ1) is 8.61. The van der Waals surface area contributed by atoms with E-state index in [4.69, 9.17) is 5.73 Å². The number of likely N-dealkylation sites (tertiary alicyclic amines) is 1. The van der Waals surface area contributed by atoms with Crippen LogP contribution in [0.2, 0.25) is 0 Å². The van der Waals surface area contributed by atoms with Crippen LogP contribution in [0.15, 0.2) is 0 Å². The molecule has 0 aromatic carbocycles. The quantitative estimate of drug-likeness (QED) is 0.789. The molecule has 3 N–H and O–H groups in total. The van der Waals surface area contributed by atoms with E-state index >= 15 is 0 Å². The molecule has 0 aromatic rings. The first-order valence-corrected chi connectivity index (χ1v) is 7.34. The number of hydrogen-bond acceptors (Lipinski definition) is 3. The fraction of sp³-hybridized carbons (Fsp3) is 0.929. The average molecular weight is 253 g/mol. The van der Waals surface area contributed by atoms with E-state index in [2.05, 4.69) is 17.1 Å². The third kappa shape index (κ3) is 2.54. The van der Waals surface area contributed by atoms with Crippen LogP contribution in [0.4, 0.5) is 0 Å². The molecular formula is C14H27N3O. The van der Waals surface area contributed by atoms with E-state index in [9.17, 15) is 4.79 Å². The molecule has 0 radical (unpaired) electrons. The molecule has 1 amide bonds. The Morgan fingerprint density at radius 3 is 2.83 bits per heavy atom. The molecule has 3 unspecified atom stereocenters. The zero-order valence-corrected chi connectivity index (χ0v) is 11.7. The number of nitrogens with one attached hydrogen (secondary N) is 1. The van der Waals surface area contributed by atoms with Gasteiger partial charge in [0.2, 0.25) is 5.91 Å². The minimum atomic E-state index is -0.465. The fourth-order valence-corrected chi connectivity index (χ4v) is 3.66. The van der Waals surface area contributed by atoms with Crippen LogP contribution in [0.25, 0.3) is 0 Å². The zero-order chi connectivity index (χ0) is 13.2. The summed E-state index contributed by atoms with van der Waals surface area (Å²) in [5, 5.41) is 3.19. The van der Waals surface area contributed by atoms with Crippen LogP contribution in [0, 0.1) is 5.92 Å². The lowest BCUT2D eigenvalue weighted by atomic mass is 9.78. The number of likely N-dealkylation sites (N-methyl/N-ethyl adjacent to an activating group) is 1. The lowest BCUT2D eigenvalue weighted by Crippen LogP contribution is -2.59. The number of primary amides is 1. The molecule has 3 atom stereocenters. The molecule has 4 nitrogen and oxygen atoms in total. The Morgan fingerprint density at radius 2 is 2.28 bits per heavy atom. The summed E-state index contributed by atoms with van der Waals surface area (Å²) in [5.41, 5.74) is 5.14. The maximum atomic E-state index is 11.7. The summed E-state index contributed by atoms with van der Waals surface area (Å²) < 4.78 is 0. The molecule has 0 spiro atoms. The number of hydrogen-bond donors (Lipinski definition) is 2. The van der Waals surface area contributed by atoms with Crippen LogP contribution < -0.4 is 11.1 Å². The molecule has 1 aliphatic carbocycles. The lowest BCUT2D eigenvalue weighted by molar-refractivity contribution is -0.126. The van der Waals surface area contributed by atoms with Gasteiger partial charge in [-0.2, -0.15) is 0 Å². The standard InChI is InChI=1S/C14H27N3O/c1-3-11-6-8-17(10-11)12-5-4-7-14(9-12,16-2)13(15)18/h11-12,16H,3-10H2,1-2H3,(H2,15,18). The van der Waals surface area contributed by atoms with Gasteiger partial charge in [0.1, 0.15) is 0 Å². The van der Waals surface area contributed by atoms with Gasteiger partial charge in [-0.3, -0.25) is 4.79 Å². The molecule has 18 heavy (non-hydrogen) atoms. The highest BCUT2D eigenvalue weighted by Gasteiger charge is 2.42. The monoisotopic (exact) mass is 253 g/mol. The van der Waals surface area contributed by atoms with E-state index in [-0.39, 0.29) is 5.91 Å². The minimum absolute atomic E-state index is 0.180. The van der Waals surface area contributed by atoms with E-state index in [0.29, 0.717) is 6.04 Å². The van der Waals surface area contributed by atoms with Crippen molar-refractivity contribution in [3.63, 3.8) is 0 Å². The van der Waals surface area contributed by atoms with E-state index in [1.807, 2.05) is 7.05 Å². The maximum Gasteiger partial charge on any atom is 0.237 e. The van der Waals surface area contributed by atoms with Crippen molar-refractivity contribution in [1.29, 1.82) is 0 Å². The summed E-state index contributed by atoms with van der Waals surface area (Å²) in [5.74, 6) is 0.672. The third-order valence-electron chi connectivity index (χ3n) is 5.09. The predicted molar refractivity (Wildman–Crippen MR) is 73.2 cm³/mol. The molecule has 2 fully saturated rings. The van der Waals surface area contributed by atoms with Crippen molar-refractivity contribution in [2.24, 2.45) is 11.7 Å². The topological polar surface area (TPSA) is 58.4 Å².